The number of hydrogen-bond acceptors (Lipinski definition) is 4. The van der Waals surface area contributed by atoms with Crippen LogP contribution in [0.5, 0.6) is 0 Å². The summed E-state index contributed by atoms with van der Waals surface area (Å²) in [5, 5.41) is 10.1. The zero-order chi connectivity index (χ0) is 17.3. The summed E-state index contributed by atoms with van der Waals surface area (Å²) >= 11 is 0. The van der Waals surface area contributed by atoms with Gasteiger partial charge >= 0.3 is 0 Å². The third-order valence-electron chi connectivity index (χ3n) is 5.38. The molecule has 0 radical (unpaired) electrons. The van der Waals surface area contributed by atoms with Gasteiger partial charge in [-0.2, -0.15) is 5.10 Å². The van der Waals surface area contributed by atoms with Crippen molar-refractivity contribution in [2.24, 2.45) is 0 Å². The molecule has 0 spiro atoms. The van der Waals surface area contributed by atoms with E-state index in [2.05, 4.69) is 20.4 Å². The highest BCUT2D eigenvalue weighted by atomic mass is 16.5. The van der Waals surface area contributed by atoms with Gasteiger partial charge in [-0.15, -0.1) is 0 Å². The minimum absolute atomic E-state index is 0.128. The topological polar surface area (TPSA) is 70.2 Å². The lowest BCUT2D eigenvalue weighted by atomic mass is 9.95. The van der Waals surface area contributed by atoms with Crippen LogP contribution in [-0.2, 0) is 9.53 Å². The molecule has 1 unspecified atom stereocenters. The second-order valence-corrected chi connectivity index (χ2v) is 7.42. The van der Waals surface area contributed by atoms with Crippen LogP contribution in [0.15, 0.2) is 12.3 Å². The number of aromatic nitrogens is 2. The van der Waals surface area contributed by atoms with Crippen LogP contribution in [0.2, 0.25) is 0 Å². The highest BCUT2D eigenvalue weighted by Crippen LogP contribution is 2.24. The molecule has 6 nitrogen and oxygen atoms in total. The van der Waals surface area contributed by atoms with Crippen molar-refractivity contribution in [2.45, 2.75) is 63.4 Å². The van der Waals surface area contributed by atoms with Gasteiger partial charge in [-0.1, -0.05) is 19.3 Å². The van der Waals surface area contributed by atoms with Gasteiger partial charge in [0.15, 0.2) is 0 Å². The number of aromatic amines is 1. The number of H-pyrrole nitrogens is 1. The van der Waals surface area contributed by atoms with Gasteiger partial charge in [0.2, 0.25) is 5.91 Å². The van der Waals surface area contributed by atoms with Crippen LogP contribution in [0, 0.1) is 0 Å². The van der Waals surface area contributed by atoms with Gasteiger partial charge < -0.3 is 10.1 Å². The number of nitrogens with zero attached hydrogens (tertiary/aromatic N) is 2. The van der Waals surface area contributed by atoms with E-state index >= 15 is 0 Å². The smallest absolute Gasteiger partial charge is 0.234 e. The van der Waals surface area contributed by atoms with Crippen LogP contribution in [0.4, 0.5) is 0 Å². The first-order valence-electron chi connectivity index (χ1n) is 9.91. The predicted molar refractivity (Wildman–Crippen MR) is 97.5 cm³/mol. The minimum Gasteiger partial charge on any atom is -0.378 e. The number of carbonyl (C=O) groups is 1. The Balaban J connectivity index is 1.27. The van der Waals surface area contributed by atoms with Crippen molar-refractivity contribution in [1.29, 1.82) is 0 Å². The minimum atomic E-state index is 0.128. The van der Waals surface area contributed by atoms with Crippen molar-refractivity contribution in [3.8, 4) is 0 Å². The zero-order valence-electron chi connectivity index (χ0n) is 15.2. The largest absolute Gasteiger partial charge is 0.378 e. The first-order chi connectivity index (χ1) is 12.3. The number of amides is 1. The van der Waals surface area contributed by atoms with Crippen LogP contribution in [0.25, 0.3) is 0 Å². The van der Waals surface area contributed by atoms with Crippen LogP contribution in [0.3, 0.4) is 0 Å². The number of carbonyl (C=O) groups excluding carboxylic acids is 1. The molecule has 1 aromatic rings. The van der Waals surface area contributed by atoms with Crippen molar-refractivity contribution in [2.75, 3.05) is 32.8 Å². The molecule has 2 heterocycles. The summed E-state index contributed by atoms with van der Waals surface area (Å²) in [4.78, 5) is 14.4. The van der Waals surface area contributed by atoms with Crippen molar-refractivity contribution in [3.63, 3.8) is 0 Å². The fraction of sp³-hybridized carbons (Fsp3) is 0.789. The fourth-order valence-electron chi connectivity index (χ4n) is 3.99. The quantitative estimate of drug-likeness (QED) is 0.708. The summed E-state index contributed by atoms with van der Waals surface area (Å²) in [7, 11) is 0. The number of likely N-dealkylation sites (tertiary alicyclic amines) is 1. The van der Waals surface area contributed by atoms with Gasteiger partial charge in [0.05, 0.1) is 12.6 Å². The Morgan fingerprint density at radius 2 is 2.16 bits per heavy atom. The Bertz CT molecular complexity index is 500. The summed E-state index contributed by atoms with van der Waals surface area (Å²) in [6, 6.07) is 2.04. The number of nitrogens with one attached hydrogen (secondary N) is 2. The molecule has 2 N–H and O–H groups in total. The molecule has 0 aromatic carbocycles. The highest BCUT2D eigenvalue weighted by molar-refractivity contribution is 5.78. The van der Waals surface area contributed by atoms with E-state index in [1.807, 2.05) is 6.07 Å². The summed E-state index contributed by atoms with van der Waals surface area (Å²) < 4.78 is 5.90. The van der Waals surface area contributed by atoms with Gasteiger partial charge in [-0.05, 0) is 44.7 Å². The third kappa shape index (κ3) is 6.12. The molecule has 6 heteroatoms. The third-order valence-corrected chi connectivity index (χ3v) is 5.38. The summed E-state index contributed by atoms with van der Waals surface area (Å²) in [5.74, 6) is 0.593. The lowest BCUT2D eigenvalue weighted by Gasteiger charge is -2.31. The molecule has 1 amide bonds. The van der Waals surface area contributed by atoms with E-state index in [0.29, 0.717) is 25.1 Å². The molecule has 1 aliphatic heterocycles. The fourth-order valence-corrected chi connectivity index (χ4v) is 3.99. The number of hydrogen-bond donors (Lipinski definition) is 2. The summed E-state index contributed by atoms with van der Waals surface area (Å²) in [6.07, 6.45) is 11.8. The van der Waals surface area contributed by atoms with Gasteiger partial charge in [0.25, 0.3) is 0 Å². The highest BCUT2D eigenvalue weighted by Gasteiger charge is 2.23. The van der Waals surface area contributed by atoms with E-state index in [0.717, 1.165) is 32.5 Å². The van der Waals surface area contributed by atoms with Crippen molar-refractivity contribution >= 4 is 5.91 Å². The number of piperidine rings is 1. The number of ether oxygens (including phenoxy) is 1. The van der Waals surface area contributed by atoms with Crippen LogP contribution in [0.1, 0.15) is 63.0 Å². The molecule has 0 bridgehead atoms. The van der Waals surface area contributed by atoms with E-state index in [1.165, 1.54) is 44.2 Å². The average molecular weight is 348 g/mol. The van der Waals surface area contributed by atoms with E-state index in [-0.39, 0.29) is 5.91 Å². The lowest BCUT2D eigenvalue weighted by Crippen LogP contribution is -2.42. The maximum Gasteiger partial charge on any atom is 0.234 e. The Hall–Kier alpha value is -1.40. The first-order valence-corrected chi connectivity index (χ1v) is 9.91. The van der Waals surface area contributed by atoms with E-state index in [1.54, 1.807) is 6.20 Å². The Kier molecular flexibility index (Phi) is 7.30. The molecule has 1 atom stereocenters. The normalized spacial score (nSPS) is 22.8. The molecule has 1 saturated carbocycles. The molecule has 3 rings (SSSR count). The standard InChI is InChI=1S/C19H32N4O2/c24-19(20-10-5-13-25-17-7-2-1-3-8-17)15-23-12-4-6-16(14-23)18-9-11-21-22-18/h9,11,16-17H,1-8,10,12-15H2,(H,20,24)(H,21,22). The molecule has 1 aliphatic carbocycles. The van der Waals surface area contributed by atoms with Crippen LogP contribution >= 0.6 is 0 Å². The molecule has 140 valence electrons. The van der Waals surface area contributed by atoms with Gasteiger partial charge in [-0.3, -0.25) is 14.8 Å². The maximum atomic E-state index is 12.2. The van der Waals surface area contributed by atoms with Gasteiger partial charge in [0.1, 0.15) is 0 Å². The van der Waals surface area contributed by atoms with Crippen LogP contribution < -0.4 is 5.32 Å². The lowest BCUT2D eigenvalue weighted by molar-refractivity contribution is -0.122. The Labute approximate surface area is 150 Å². The number of rotatable bonds is 8. The van der Waals surface area contributed by atoms with Crippen molar-refractivity contribution < 1.29 is 9.53 Å². The molecular weight excluding hydrogens is 316 g/mol. The SMILES string of the molecule is O=C(CN1CCCC(c2ccn[nH]2)C1)NCCCOC1CCCCC1. The average Bonchev–Trinajstić information content (AvgIpc) is 3.17. The zero-order valence-corrected chi connectivity index (χ0v) is 15.2. The first kappa shape index (κ1) is 18.4. The van der Waals surface area contributed by atoms with E-state index in [4.69, 9.17) is 4.74 Å². The molecule has 25 heavy (non-hydrogen) atoms. The molecule has 1 saturated heterocycles. The Morgan fingerprint density at radius 3 is 2.96 bits per heavy atom. The van der Waals surface area contributed by atoms with E-state index < -0.39 is 0 Å². The second-order valence-electron chi connectivity index (χ2n) is 7.42. The predicted octanol–water partition coefficient (Wildman–Crippen LogP) is 2.44. The molecule has 1 aromatic heterocycles. The van der Waals surface area contributed by atoms with Crippen LogP contribution in [-0.4, -0.2) is 59.9 Å². The Morgan fingerprint density at radius 1 is 1.28 bits per heavy atom. The van der Waals surface area contributed by atoms with Crippen molar-refractivity contribution in [3.05, 3.63) is 18.0 Å². The second kappa shape index (κ2) is 9.92. The van der Waals surface area contributed by atoms with E-state index in [9.17, 15) is 4.79 Å². The summed E-state index contributed by atoms with van der Waals surface area (Å²) in [6.45, 7) is 3.90. The molecular formula is C19H32N4O2. The molecule has 2 fully saturated rings. The van der Waals surface area contributed by atoms with Gasteiger partial charge in [-0.25, -0.2) is 0 Å². The van der Waals surface area contributed by atoms with Gasteiger partial charge in [0, 0.05) is 37.5 Å². The summed E-state index contributed by atoms with van der Waals surface area (Å²) in [5.41, 5.74) is 1.19. The van der Waals surface area contributed by atoms with Crippen molar-refractivity contribution in [1.82, 2.24) is 20.4 Å². The molecule has 2 aliphatic rings. The maximum absolute atomic E-state index is 12.2. The monoisotopic (exact) mass is 348 g/mol.